The Morgan fingerprint density at radius 2 is 1.91 bits per heavy atom. The van der Waals surface area contributed by atoms with Gasteiger partial charge < -0.3 is 20.1 Å². The van der Waals surface area contributed by atoms with Gasteiger partial charge in [-0.05, 0) is 62.3 Å². The Morgan fingerprint density at radius 3 is 2.58 bits per heavy atom. The van der Waals surface area contributed by atoms with Crippen LogP contribution in [-0.2, 0) is 16.0 Å². The minimum Gasteiger partial charge on any atom is -0.478 e. The summed E-state index contributed by atoms with van der Waals surface area (Å²) in [5.41, 5.74) is 2.19. The topological polar surface area (TPSA) is 78.9 Å². The average molecular weight is 453 g/mol. The number of piperidine rings is 1. The van der Waals surface area contributed by atoms with Crippen LogP contribution in [0.1, 0.15) is 57.6 Å². The Morgan fingerprint density at radius 1 is 1.18 bits per heavy atom. The van der Waals surface area contributed by atoms with E-state index < -0.39 is 11.6 Å². The van der Waals surface area contributed by atoms with Gasteiger partial charge in [0.1, 0.15) is 5.75 Å². The van der Waals surface area contributed by atoms with Crippen LogP contribution in [0.3, 0.4) is 0 Å². The van der Waals surface area contributed by atoms with E-state index in [1.165, 1.54) is 25.0 Å². The molecule has 0 unspecified atom stereocenters. The highest BCUT2D eigenvalue weighted by molar-refractivity contribution is 5.79. The lowest BCUT2D eigenvalue weighted by Gasteiger charge is -2.34. The monoisotopic (exact) mass is 452 g/mol. The Bertz CT molecular complexity index is 953. The van der Waals surface area contributed by atoms with Gasteiger partial charge in [0.2, 0.25) is 5.91 Å². The molecule has 0 aliphatic carbocycles. The van der Waals surface area contributed by atoms with Gasteiger partial charge in [0.25, 0.3) is 0 Å². The molecule has 33 heavy (non-hydrogen) atoms. The van der Waals surface area contributed by atoms with Crippen LogP contribution in [-0.4, -0.2) is 42.2 Å². The Kier molecular flexibility index (Phi) is 8.01. The number of carbonyl (C=O) groups excluding carboxylic acids is 1. The van der Waals surface area contributed by atoms with Crippen LogP contribution in [0.2, 0.25) is 0 Å². The summed E-state index contributed by atoms with van der Waals surface area (Å²) in [6.07, 6.45) is 2.62. The molecule has 6 heteroatoms. The average Bonchev–Trinajstić information content (AvgIpc) is 2.79. The molecule has 1 aliphatic rings. The van der Waals surface area contributed by atoms with Crippen molar-refractivity contribution in [3.63, 3.8) is 0 Å². The zero-order valence-corrected chi connectivity index (χ0v) is 20.1. The molecule has 2 aromatic carbocycles. The van der Waals surface area contributed by atoms with Gasteiger partial charge in [-0.25, -0.2) is 4.79 Å². The number of amides is 1. The van der Waals surface area contributed by atoms with Gasteiger partial charge in [0, 0.05) is 31.4 Å². The second-order valence-electron chi connectivity index (χ2n) is 9.64. The van der Waals surface area contributed by atoms with E-state index in [9.17, 15) is 14.7 Å². The lowest BCUT2D eigenvalue weighted by Crippen LogP contribution is -2.43. The molecule has 0 spiro atoms. The van der Waals surface area contributed by atoms with Gasteiger partial charge in [-0.3, -0.25) is 4.79 Å². The molecular formula is C27H36N2O4. The van der Waals surface area contributed by atoms with Gasteiger partial charge in [-0.2, -0.15) is 0 Å². The predicted octanol–water partition coefficient (Wildman–Crippen LogP) is 4.63. The van der Waals surface area contributed by atoms with E-state index in [-0.39, 0.29) is 11.8 Å². The molecule has 2 aromatic rings. The third kappa shape index (κ3) is 6.73. The summed E-state index contributed by atoms with van der Waals surface area (Å²) in [7, 11) is 0. The molecule has 1 amide bonds. The predicted molar refractivity (Wildman–Crippen MR) is 131 cm³/mol. The maximum Gasteiger partial charge on any atom is 0.347 e. The maximum absolute atomic E-state index is 12.8. The van der Waals surface area contributed by atoms with Crippen LogP contribution < -0.4 is 15.0 Å². The van der Waals surface area contributed by atoms with E-state index in [0.29, 0.717) is 24.8 Å². The molecule has 0 radical (unpaired) electrons. The standard InChI is InChI=1S/C27H36N2O4/c1-19(2)21-12-10-20(11-13-21)14-15-28-25(30)22-7-6-16-29(18-22)23-8-5-9-24(17-23)33-27(3,4)26(31)32/h5,8-13,17,19,22H,6-7,14-16,18H2,1-4H3,(H,28,30)(H,31,32)/t22-/m1/s1. The second kappa shape index (κ2) is 10.7. The van der Waals surface area contributed by atoms with Crippen molar-refractivity contribution >= 4 is 17.6 Å². The normalized spacial score (nSPS) is 16.5. The Hall–Kier alpha value is -3.02. The number of anilines is 1. The molecule has 3 rings (SSSR count). The van der Waals surface area contributed by atoms with Crippen LogP contribution in [0.25, 0.3) is 0 Å². The molecule has 1 heterocycles. The van der Waals surface area contributed by atoms with Crippen LogP contribution in [0.5, 0.6) is 5.75 Å². The fourth-order valence-corrected chi connectivity index (χ4v) is 4.05. The van der Waals surface area contributed by atoms with E-state index in [0.717, 1.165) is 31.5 Å². The Labute approximate surface area is 196 Å². The van der Waals surface area contributed by atoms with Crippen LogP contribution in [0.4, 0.5) is 5.69 Å². The number of benzene rings is 2. The lowest BCUT2D eigenvalue weighted by atomic mass is 9.96. The first-order chi connectivity index (χ1) is 15.7. The molecule has 1 atom stereocenters. The van der Waals surface area contributed by atoms with Gasteiger partial charge in [-0.1, -0.05) is 44.2 Å². The van der Waals surface area contributed by atoms with E-state index in [4.69, 9.17) is 4.74 Å². The number of carbonyl (C=O) groups is 2. The van der Waals surface area contributed by atoms with Crippen molar-refractivity contribution in [2.24, 2.45) is 5.92 Å². The summed E-state index contributed by atoms with van der Waals surface area (Å²) >= 11 is 0. The largest absolute Gasteiger partial charge is 0.478 e. The molecule has 178 valence electrons. The van der Waals surface area contributed by atoms with Gasteiger partial charge in [0.15, 0.2) is 5.60 Å². The summed E-state index contributed by atoms with van der Waals surface area (Å²) < 4.78 is 5.68. The number of carboxylic acids is 1. The fourth-order valence-electron chi connectivity index (χ4n) is 4.05. The quantitative estimate of drug-likeness (QED) is 0.580. The smallest absolute Gasteiger partial charge is 0.347 e. The van der Waals surface area contributed by atoms with Gasteiger partial charge in [-0.15, -0.1) is 0 Å². The van der Waals surface area contributed by atoms with Crippen molar-refractivity contribution in [3.8, 4) is 5.75 Å². The minimum absolute atomic E-state index is 0.0675. The van der Waals surface area contributed by atoms with Crippen molar-refractivity contribution in [3.05, 3.63) is 59.7 Å². The molecule has 0 aromatic heterocycles. The van der Waals surface area contributed by atoms with Crippen molar-refractivity contribution in [2.45, 2.75) is 58.5 Å². The molecule has 1 aliphatic heterocycles. The summed E-state index contributed by atoms with van der Waals surface area (Å²) in [4.78, 5) is 26.4. The maximum atomic E-state index is 12.8. The lowest BCUT2D eigenvalue weighted by molar-refractivity contribution is -0.152. The Balaban J connectivity index is 1.54. The first kappa shape index (κ1) is 24.6. The van der Waals surface area contributed by atoms with Crippen molar-refractivity contribution in [2.75, 3.05) is 24.5 Å². The number of rotatable bonds is 9. The SMILES string of the molecule is CC(C)c1ccc(CCNC(=O)[C@@H]2CCCN(c3cccc(OC(C)(C)C(=O)O)c3)C2)cc1. The molecule has 0 saturated carbocycles. The number of carboxylic acid groups (broad SMARTS) is 1. The molecule has 2 N–H and O–H groups in total. The highest BCUT2D eigenvalue weighted by Crippen LogP contribution is 2.28. The minimum atomic E-state index is -1.31. The molecule has 6 nitrogen and oxygen atoms in total. The number of hydrogen-bond acceptors (Lipinski definition) is 4. The number of nitrogens with zero attached hydrogens (tertiary/aromatic N) is 1. The van der Waals surface area contributed by atoms with E-state index >= 15 is 0 Å². The number of aliphatic carboxylic acids is 1. The highest BCUT2D eigenvalue weighted by atomic mass is 16.5. The third-order valence-electron chi connectivity index (χ3n) is 6.22. The van der Waals surface area contributed by atoms with Crippen molar-refractivity contribution < 1.29 is 19.4 Å². The van der Waals surface area contributed by atoms with Crippen molar-refractivity contribution in [1.82, 2.24) is 5.32 Å². The summed E-state index contributed by atoms with van der Waals surface area (Å²) in [6, 6.07) is 16.1. The van der Waals surface area contributed by atoms with Crippen molar-refractivity contribution in [1.29, 1.82) is 0 Å². The summed E-state index contributed by atoms with van der Waals surface area (Å²) in [5, 5.41) is 12.4. The molecule has 1 saturated heterocycles. The number of hydrogen-bond donors (Lipinski definition) is 2. The molecule has 1 fully saturated rings. The zero-order chi connectivity index (χ0) is 24.0. The molecular weight excluding hydrogens is 416 g/mol. The second-order valence-corrected chi connectivity index (χ2v) is 9.64. The number of nitrogens with one attached hydrogen (secondary N) is 1. The van der Waals surface area contributed by atoms with Crippen LogP contribution in [0, 0.1) is 5.92 Å². The molecule has 0 bridgehead atoms. The van der Waals surface area contributed by atoms with E-state index in [1.807, 2.05) is 18.2 Å². The van der Waals surface area contributed by atoms with Gasteiger partial charge in [0.05, 0.1) is 5.92 Å². The van der Waals surface area contributed by atoms with Crippen LogP contribution >= 0.6 is 0 Å². The zero-order valence-electron chi connectivity index (χ0n) is 20.1. The third-order valence-corrected chi connectivity index (χ3v) is 6.22. The number of ether oxygens (including phenoxy) is 1. The summed E-state index contributed by atoms with van der Waals surface area (Å²) in [5.74, 6) is 0.0392. The summed E-state index contributed by atoms with van der Waals surface area (Å²) in [6.45, 7) is 9.55. The fraction of sp³-hybridized carbons (Fsp3) is 0.481. The highest BCUT2D eigenvalue weighted by Gasteiger charge is 2.30. The first-order valence-electron chi connectivity index (χ1n) is 11.8. The van der Waals surface area contributed by atoms with E-state index in [2.05, 4.69) is 48.3 Å². The van der Waals surface area contributed by atoms with Crippen LogP contribution in [0.15, 0.2) is 48.5 Å². The van der Waals surface area contributed by atoms with Gasteiger partial charge >= 0.3 is 5.97 Å². The van der Waals surface area contributed by atoms with E-state index in [1.54, 1.807) is 6.07 Å². The first-order valence-corrected chi connectivity index (χ1v) is 11.8.